The fourth-order valence-electron chi connectivity index (χ4n) is 1.78. The molecule has 0 aromatic heterocycles. The minimum atomic E-state index is 0.0554. The summed E-state index contributed by atoms with van der Waals surface area (Å²) in [6, 6.07) is 0. The average Bonchev–Trinajstić information content (AvgIpc) is 2.34. The molecule has 0 saturated carbocycles. The van der Waals surface area contributed by atoms with Crippen molar-refractivity contribution < 1.29 is 9.53 Å². The monoisotopic (exact) mass is 258 g/mol. The van der Waals surface area contributed by atoms with Gasteiger partial charge in [0, 0.05) is 25.5 Å². The van der Waals surface area contributed by atoms with E-state index in [0.29, 0.717) is 18.0 Å². The highest BCUT2D eigenvalue weighted by atomic mass is 32.1. The smallest absolute Gasteiger partial charge is 0.220 e. The lowest BCUT2D eigenvalue weighted by Gasteiger charge is -2.22. The van der Waals surface area contributed by atoms with Gasteiger partial charge in [-0.1, -0.05) is 19.1 Å². The van der Waals surface area contributed by atoms with Crippen LogP contribution in [-0.2, 0) is 9.53 Å². The van der Waals surface area contributed by atoms with Crippen molar-refractivity contribution in [3.05, 3.63) is 0 Å². The maximum atomic E-state index is 11.6. The molecule has 1 saturated heterocycles. The summed E-state index contributed by atoms with van der Waals surface area (Å²) >= 11 is 4.84. The van der Waals surface area contributed by atoms with Crippen molar-refractivity contribution in [1.82, 2.24) is 5.32 Å². The number of nitrogens with two attached hydrogens (primary N) is 1. The maximum absolute atomic E-state index is 11.6. The molecule has 1 amide bonds. The van der Waals surface area contributed by atoms with Crippen LogP contribution in [0.3, 0.4) is 0 Å². The van der Waals surface area contributed by atoms with Crippen LogP contribution in [0.15, 0.2) is 0 Å². The Kier molecular flexibility index (Phi) is 6.44. The fourth-order valence-corrected chi connectivity index (χ4v) is 1.87. The largest absolute Gasteiger partial charge is 0.393 e. The van der Waals surface area contributed by atoms with Gasteiger partial charge in [0.2, 0.25) is 5.91 Å². The zero-order valence-electron chi connectivity index (χ0n) is 10.4. The average molecular weight is 258 g/mol. The lowest BCUT2D eigenvalue weighted by atomic mass is 10.0. The van der Waals surface area contributed by atoms with Crippen LogP contribution in [0.4, 0.5) is 0 Å². The zero-order valence-corrected chi connectivity index (χ0v) is 11.2. The molecule has 5 heteroatoms. The predicted molar refractivity (Wildman–Crippen MR) is 71.8 cm³/mol. The Morgan fingerprint density at radius 2 is 2.35 bits per heavy atom. The Hall–Kier alpha value is -0.680. The van der Waals surface area contributed by atoms with Crippen molar-refractivity contribution in [2.24, 2.45) is 11.7 Å². The van der Waals surface area contributed by atoms with E-state index in [1.54, 1.807) is 0 Å². The molecule has 0 bridgehead atoms. The van der Waals surface area contributed by atoms with Gasteiger partial charge in [-0.05, 0) is 25.7 Å². The van der Waals surface area contributed by atoms with Crippen LogP contribution in [0.5, 0.6) is 0 Å². The number of hydrogen-bond acceptors (Lipinski definition) is 3. The van der Waals surface area contributed by atoms with Crippen LogP contribution >= 0.6 is 12.2 Å². The first-order chi connectivity index (χ1) is 8.09. The molecule has 2 atom stereocenters. The number of ether oxygens (including phenoxy) is 1. The van der Waals surface area contributed by atoms with Crippen molar-refractivity contribution in [3.63, 3.8) is 0 Å². The molecular formula is C12H22N2O2S. The lowest BCUT2D eigenvalue weighted by molar-refractivity contribution is -0.122. The van der Waals surface area contributed by atoms with Crippen LogP contribution in [0.1, 0.15) is 39.0 Å². The second-order valence-electron chi connectivity index (χ2n) is 4.63. The second kappa shape index (κ2) is 7.61. The molecule has 4 nitrogen and oxygen atoms in total. The quantitative estimate of drug-likeness (QED) is 0.706. The van der Waals surface area contributed by atoms with Crippen molar-refractivity contribution in [2.45, 2.75) is 45.1 Å². The highest BCUT2D eigenvalue weighted by molar-refractivity contribution is 7.80. The van der Waals surface area contributed by atoms with E-state index in [0.717, 1.165) is 25.9 Å². The third kappa shape index (κ3) is 5.98. The van der Waals surface area contributed by atoms with Crippen LogP contribution in [0.25, 0.3) is 0 Å². The molecule has 0 aliphatic carbocycles. The summed E-state index contributed by atoms with van der Waals surface area (Å²) in [7, 11) is 0. The molecule has 0 aromatic rings. The zero-order chi connectivity index (χ0) is 12.7. The molecule has 0 radical (unpaired) electrons. The summed E-state index contributed by atoms with van der Waals surface area (Å²) < 4.78 is 5.57. The third-order valence-electron chi connectivity index (χ3n) is 3.06. The summed E-state index contributed by atoms with van der Waals surface area (Å²) in [5.41, 5.74) is 5.47. The minimum Gasteiger partial charge on any atom is -0.393 e. The molecule has 0 spiro atoms. The molecule has 17 heavy (non-hydrogen) atoms. The van der Waals surface area contributed by atoms with E-state index in [-0.39, 0.29) is 17.9 Å². The highest BCUT2D eigenvalue weighted by Crippen LogP contribution is 2.16. The van der Waals surface area contributed by atoms with Crippen LogP contribution in [0.2, 0.25) is 0 Å². The number of thiocarbonyl (C=S) groups is 1. The fraction of sp³-hybridized carbons (Fsp3) is 0.833. The van der Waals surface area contributed by atoms with Gasteiger partial charge in [0.15, 0.2) is 0 Å². The molecule has 1 aliphatic rings. The first-order valence-corrected chi connectivity index (χ1v) is 6.68. The minimum absolute atomic E-state index is 0.0554. The van der Waals surface area contributed by atoms with Crippen LogP contribution in [0, 0.1) is 5.92 Å². The van der Waals surface area contributed by atoms with E-state index in [1.165, 1.54) is 6.42 Å². The Morgan fingerprint density at radius 1 is 1.59 bits per heavy atom. The number of amides is 1. The van der Waals surface area contributed by atoms with E-state index in [1.807, 2.05) is 6.92 Å². The number of nitrogens with one attached hydrogen (secondary N) is 1. The standard InChI is InChI=1S/C12H22N2O2S/c1-9(12(13)17)8-14-11(15)6-5-10-4-2-3-7-16-10/h9-10H,2-8H2,1H3,(H2,13,17)(H,14,15). The third-order valence-corrected chi connectivity index (χ3v) is 3.46. The van der Waals surface area contributed by atoms with Gasteiger partial charge in [-0.2, -0.15) is 0 Å². The Morgan fingerprint density at radius 3 is 2.94 bits per heavy atom. The first-order valence-electron chi connectivity index (χ1n) is 6.27. The van der Waals surface area contributed by atoms with Gasteiger partial charge in [0.25, 0.3) is 0 Å². The highest BCUT2D eigenvalue weighted by Gasteiger charge is 2.15. The van der Waals surface area contributed by atoms with Gasteiger partial charge in [-0.3, -0.25) is 4.79 Å². The summed E-state index contributed by atoms with van der Waals surface area (Å²) in [4.78, 5) is 12.0. The second-order valence-corrected chi connectivity index (χ2v) is 5.11. The Balaban J connectivity index is 2.10. The Bertz CT molecular complexity index is 265. The molecule has 98 valence electrons. The van der Waals surface area contributed by atoms with Crippen molar-refractivity contribution in [2.75, 3.05) is 13.2 Å². The van der Waals surface area contributed by atoms with Crippen molar-refractivity contribution >= 4 is 23.1 Å². The van der Waals surface area contributed by atoms with Gasteiger partial charge in [-0.15, -0.1) is 0 Å². The SMILES string of the molecule is CC(CNC(=O)CCC1CCCCO1)C(N)=S. The molecule has 1 fully saturated rings. The Labute approximate surface area is 108 Å². The molecule has 1 heterocycles. The topological polar surface area (TPSA) is 64.3 Å². The summed E-state index contributed by atoms with van der Waals surface area (Å²) in [5.74, 6) is 0.113. The van der Waals surface area contributed by atoms with E-state index < -0.39 is 0 Å². The summed E-state index contributed by atoms with van der Waals surface area (Å²) in [5, 5.41) is 2.84. The number of rotatable bonds is 6. The van der Waals surface area contributed by atoms with E-state index >= 15 is 0 Å². The van der Waals surface area contributed by atoms with E-state index in [2.05, 4.69) is 5.32 Å². The molecule has 1 aliphatic heterocycles. The molecule has 3 N–H and O–H groups in total. The van der Waals surface area contributed by atoms with Crippen molar-refractivity contribution in [3.8, 4) is 0 Å². The van der Waals surface area contributed by atoms with Crippen LogP contribution < -0.4 is 11.1 Å². The van der Waals surface area contributed by atoms with Gasteiger partial charge in [0.1, 0.15) is 0 Å². The molecular weight excluding hydrogens is 236 g/mol. The lowest BCUT2D eigenvalue weighted by Crippen LogP contribution is -2.34. The molecule has 0 aromatic carbocycles. The van der Waals surface area contributed by atoms with E-state index in [4.69, 9.17) is 22.7 Å². The summed E-state index contributed by atoms with van der Waals surface area (Å²) in [6.07, 6.45) is 5.04. The van der Waals surface area contributed by atoms with Crippen LogP contribution in [-0.4, -0.2) is 30.2 Å². The number of carbonyl (C=O) groups is 1. The normalized spacial score (nSPS) is 21.8. The van der Waals surface area contributed by atoms with Gasteiger partial charge >= 0.3 is 0 Å². The van der Waals surface area contributed by atoms with Gasteiger partial charge in [-0.25, -0.2) is 0 Å². The maximum Gasteiger partial charge on any atom is 0.220 e. The van der Waals surface area contributed by atoms with E-state index in [9.17, 15) is 4.79 Å². The van der Waals surface area contributed by atoms with Gasteiger partial charge < -0.3 is 15.8 Å². The first kappa shape index (κ1) is 14.4. The summed E-state index contributed by atoms with van der Waals surface area (Å²) in [6.45, 7) is 3.28. The molecule has 1 rings (SSSR count). The predicted octanol–water partition coefficient (Wildman–Crippen LogP) is 1.37. The number of carbonyl (C=O) groups excluding carboxylic acids is 1. The van der Waals surface area contributed by atoms with Crippen molar-refractivity contribution in [1.29, 1.82) is 0 Å². The van der Waals surface area contributed by atoms with Gasteiger partial charge in [0.05, 0.1) is 11.1 Å². The molecule has 2 unspecified atom stereocenters. The number of hydrogen-bond donors (Lipinski definition) is 2.